The fraction of sp³-hybridized carbons (Fsp3) is 0.188. The number of rotatable bonds is 1. The van der Waals surface area contributed by atoms with Crippen LogP contribution >= 0.6 is 27.5 Å². The molecule has 1 unspecified atom stereocenters. The first-order valence-corrected chi connectivity index (χ1v) is 7.47. The van der Waals surface area contributed by atoms with Gasteiger partial charge in [0.2, 0.25) is 0 Å². The summed E-state index contributed by atoms with van der Waals surface area (Å²) in [5, 5.41) is 0.604. The number of ketones is 1. The van der Waals surface area contributed by atoms with Crippen molar-refractivity contribution in [3.63, 3.8) is 0 Å². The number of halogens is 2. The molecule has 0 spiro atoms. The number of carbonyl (C=O) groups is 1. The van der Waals surface area contributed by atoms with Crippen molar-refractivity contribution >= 4 is 33.3 Å². The standard InChI is InChI=1S/C16H12BrClO2/c1-9-2-5-15-12(6-9)14(19)8-16(20-15)11-4-3-10(17)7-13(11)18/h2-7,16H,8H2,1H3. The SMILES string of the molecule is Cc1ccc2c(c1)C(=O)CC(c1ccc(Br)cc1Cl)O2. The van der Waals surface area contributed by atoms with E-state index < -0.39 is 0 Å². The third-order valence-electron chi connectivity index (χ3n) is 3.38. The summed E-state index contributed by atoms with van der Waals surface area (Å²) in [7, 11) is 0. The molecular weight excluding hydrogens is 340 g/mol. The molecule has 1 atom stereocenters. The van der Waals surface area contributed by atoms with Crippen LogP contribution in [-0.4, -0.2) is 5.78 Å². The maximum absolute atomic E-state index is 12.3. The highest BCUT2D eigenvalue weighted by Gasteiger charge is 2.28. The second-order valence-corrected chi connectivity index (χ2v) is 6.22. The maximum atomic E-state index is 12.3. The number of ether oxygens (including phenoxy) is 1. The van der Waals surface area contributed by atoms with Crippen LogP contribution in [0, 0.1) is 6.92 Å². The molecule has 2 aromatic rings. The molecule has 3 rings (SSSR count). The normalized spacial score (nSPS) is 17.6. The molecular formula is C16H12BrClO2. The largest absolute Gasteiger partial charge is 0.484 e. The minimum atomic E-state index is -0.321. The van der Waals surface area contributed by atoms with Crippen LogP contribution in [0.4, 0.5) is 0 Å². The average molecular weight is 352 g/mol. The van der Waals surface area contributed by atoms with E-state index in [1.807, 2.05) is 43.3 Å². The van der Waals surface area contributed by atoms with Crippen LogP contribution in [0.2, 0.25) is 5.02 Å². The van der Waals surface area contributed by atoms with Crippen molar-refractivity contribution in [2.75, 3.05) is 0 Å². The molecule has 0 radical (unpaired) electrons. The summed E-state index contributed by atoms with van der Waals surface area (Å²) in [5.74, 6) is 0.731. The van der Waals surface area contributed by atoms with Gasteiger partial charge in [0.15, 0.2) is 5.78 Å². The molecule has 0 aromatic heterocycles. The second kappa shape index (κ2) is 5.23. The minimum absolute atomic E-state index is 0.0962. The molecule has 20 heavy (non-hydrogen) atoms. The first kappa shape index (κ1) is 13.7. The maximum Gasteiger partial charge on any atom is 0.170 e. The lowest BCUT2D eigenvalue weighted by molar-refractivity contribution is 0.0850. The fourth-order valence-electron chi connectivity index (χ4n) is 2.37. The molecule has 2 aromatic carbocycles. The van der Waals surface area contributed by atoms with E-state index in [0.29, 0.717) is 22.8 Å². The van der Waals surface area contributed by atoms with Gasteiger partial charge < -0.3 is 4.74 Å². The predicted octanol–water partition coefficient (Wildman–Crippen LogP) is 5.12. The molecule has 0 saturated carbocycles. The van der Waals surface area contributed by atoms with E-state index >= 15 is 0 Å². The van der Waals surface area contributed by atoms with Crippen LogP contribution in [0.15, 0.2) is 40.9 Å². The van der Waals surface area contributed by atoms with Crippen molar-refractivity contribution in [3.05, 3.63) is 62.6 Å². The monoisotopic (exact) mass is 350 g/mol. The van der Waals surface area contributed by atoms with Crippen molar-refractivity contribution in [2.24, 2.45) is 0 Å². The zero-order valence-corrected chi connectivity index (χ0v) is 13.2. The van der Waals surface area contributed by atoms with Gasteiger partial charge >= 0.3 is 0 Å². The summed E-state index contributed by atoms with van der Waals surface area (Å²) in [4.78, 5) is 12.3. The Morgan fingerprint density at radius 1 is 1.25 bits per heavy atom. The molecule has 2 nitrogen and oxygen atoms in total. The van der Waals surface area contributed by atoms with Crippen LogP contribution in [0.5, 0.6) is 5.75 Å². The number of fused-ring (bicyclic) bond motifs is 1. The van der Waals surface area contributed by atoms with Gasteiger partial charge in [-0.15, -0.1) is 0 Å². The van der Waals surface area contributed by atoms with Crippen LogP contribution in [-0.2, 0) is 0 Å². The number of hydrogen-bond donors (Lipinski definition) is 0. The molecule has 0 bridgehead atoms. The van der Waals surface area contributed by atoms with Crippen molar-refractivity contribution in [2.45, 2.75) is 19.4 Å². The van der Waals surface area contributed by atoms with Gasteiger partial charge in [0.05, 0.1) is 12.0 Å². The summed E-state index contributed by atoms with van der Waals surface area (Å²) in [6.45, 7) is 1.96. The fourth-order valence-corrected chi connectivity index (χ4v) is 3.17. The number of carbonyl (C=O) groups excluding carboxylic acids is 1. The van der Waals surface area contributed by atoms with Crippen LogP contribution < -0.4 is 4.74 Å². The summed E-state index contributed by atoms with van der Waals surface area (Å²) < 4.78 is 6.85. The molecule has 1 aliphatic heterocycles. The van der Waals surface area contributed by atoms with Crippen molar-refractivity contribution < 1.29 is 9.53 Å². The van der Waals surface area contributed by atoms with Crippen LogP contribution in [0.3, 0.4) is 0 Å². The van der Waals surface area contributed by atoms with Crippen molar-refractivity contribution in [1.29, 1.82) is 0 Å². The Kier molecular flexibility index (Phi) is 3.57. The first-order chi connectivity index (χ1) is 9.54. The quantitative estimate of drug-likeness (QED) is 0.713. The Hall–Kier alpha value is -1.32. The van der Waals surface area contributed by atoms with Gasteiger partial charge in [0.25, 0.3) is 0 Å². The third kappa shape index (κ3) is 2.48. The highest BCUT2D eigenvalue weighted by Crippen LogP contribution is 2.38. The summed E-state index contributed by atoms with van der Waals surface area (Å²) >= 11 is 9.62. The lowest BCUT2D eigenvalue weighted by Gasteiger charge is -2.26. The van der Waals surface area contributed by atoms with E-state index in [4.69, 9.17) is 16.3 Å². The van der Waals surface area contributed by atoms with Gasteiger partial charge in [-0.05, 0) is 31.2 Å². The van der Waals surface area contributed by atoms with Crippen LogP contribution in [0.1, 0.15) is 34.0 Å². The van der Waals surface area contributed by atoms with E-state index in [0.717, 1.165) is 15.6 Å². The Bertz CT molecular complexity index is 697. The molecule has 0 N–H and O–H groups in total. The number of hydrogen-bond acceptors (Lipinski definition) is 2. The lowest BCUT2D eigenvalue weighted by atomic mass is 9.95. The molecule has 0 aliphatic carbocycles. The average Bonchev–Trinajstić information content (AvgIpc) is 2.39. The van der Waals surface area contributed by atoms with Gasteiger partial charge in [-0.25, -0.2) is 0 Å². The number of Topliss-reactive ketones (excluding diaryl/α,β-unsaturated/α-hetero) is 1. The second-order valence-electron chi connectivity index (χ2n) is 4.90. The van der Waals surface area contributed by atoms with Crippen molar-refractivity contribution in [3.8, 4) is 5.75 Å². The first-order valence-electron chi connectivity index (χ1n) is 6.30. The zero-order chi connectivity index (χ0) is 14.3. The molecule has 0 saturated heterocycles. The van der Waals surface area contributed by atoms with E-state index in [9.17, 15) is 4.79 Å². The van der Waals surface area contributed by atoms with Gasteiger partial charge in [0, 0.05) is 15.1 Å². The topological polar surface area (TPSA) is 26.3 Å². The number of aryl methyl sites for hydroxylation is 1. The van der Waals surface area contributed by atoms with Gasteiger partial charge in [-0.2, -0.15) is 0 Å². The Balaban J connectivity index is 1.99. The Morgan fingerprint density at radius 2 is 2.05 bits per heavy atom. The van der Waals surface area contributed by atoms with E-state index in [-0.39, 0.29) is 11.9 Å². The minimum Gasteiger partial charge on any atom is -0.484 e. The molecule has 1 heterocycles. The Labute approximate surface area is 130 Å². The highest BCUT2D eigenvalue weighted by molar-refractivity contribution is 9.10. The van der Waals surface area contributed by atoms with E-state index in [1.54, 1.807) is 0 Å². The summed E-state index contributed by atoms with van der Waals surface area (Å²) in [5.41, 5.74) is 2.56. The smallest absolute Gasteiger partial charge is 0.170 e. The van der Waals surface area contributed by atoms with Crippen molar-refractivity contribution in [1.82, 2.24) is 0 Å². The summed E-state index contributed by atoms with van der Waals surface area (Å²) in [6, 6.07) is 11.3. The molecule has 1 aliphatic rings. The zero-order valence-electron chi connectivity index (χ0n) is 10.8. The number of benzene rings is 2. The third-order valence-corrected chi connectivity index (χ3v) is 4.21. The predicted molar refractivity (Wildman–Crippen MR) is 82.6 cm³/mol. The van der Waals surface area contributed by atoms with Crippen LogP contribution in [0.25, 0.3) is 0 Å². The van der Waals surface area contributed by atoms with E-state index in [1.165, 1.54) is 0 Å². The molecule has 4 heteroatoms. The van der Waals surface area contributed by atoms with Gasteiger partial charge in [0.1, 0.15) is 11.9 Å². The Morgan fingerprint density at radius 3 is 2.80 bits per heavy atom. The molecule has 0 fully saturated rings. The molecule has 102 valence electrons. The van der Waals surface area contributed by atoms with E-state index in [2.05, 4.69) is 15.9 Å². The van der Waals surface area contributed by atoms with Gasteiger partial charge in [-0.3, -0.25) is 4.79 Å². The lowest BCUT2D eigenvalue weighted by Crippen LogP contribution is -2.20. The molecule has 0 amide bonds. The van der Waals surface area contributed by atoms with Gasteiger partial charge in [-0.1, -0.05) is 45.2 Å². The summed E-state index contributed by atoms with van der Waals surface area (Å²) in [6.07, 6.45) is -0.00375. The highest BCUT2D eigenvalue weighted by atomic mass is 79.9.